The maximum Gasteiger partial charge on any atom is 0.320 e. The zero-order chi connectivity index (χ0) is 14.4. The van der Waals surface area contributed by atoms with Gasteiger partial charge in [0.2, 0.25) is 0 Å². The molecular formula is C13H18BrNO4. The van der Waals surface area contributed by atoms with Gasteiger partial charge < -0.3 is 19.9 Å². The first-order chi connectivity index (χ1) is 8.99. The lowest BCUT2D eigenvalue weighted by Gasteiger charge is -2.16. The van der Waals surface area contributed by atoms with Gasteiger partial charge >= 0.3 is 5.97 Å². The Kier molecular flexibility index (Phi) is 6.11. The van der Waals surface area contributed by atoms with E-state index in [1.807, 2.05) is 19.1 Å². The molecule has 0 radical (unpaired) electrons. The van der Waals surface area contributed by atoms with Crippen LogP contribution in [0.3, 0.4) is 0 Å². The van der Waals surface area contributed by atoms with Crippen LogP contribution < -0.4 is 14.8 Å². The number of hydrogen-bond acceptors (Lipinski definition) is 4. The third-order valence-electron chi connectivity index (χ3n) is 2.57. The normalized spacial score (nSPS) is 12.0. The van der Waals surface area contributed by atoms with Crippen molar-refractivity contribution < 1.29 is 19.4 Å². The molecule has 106 valence electrons. The van der Waals surface area contributed by atoms with Gasteiger partial charge in [-0.3, -0.25) is 4.79 Å². The second kappa shape index (κ2) is 7.35. The molecule has 0 aliphatic heterocycles. The molecule has 0 spiro atoms. The van der Waals surface area contributed by atoms with Gasteiger partial charge in [0, 0.05) is 16.6 Å². The van der Waals surface area contributed by atoms with Crippen molar-refractivity contribution in [2.75, 3.05) is 13.7 Å². The third kappa shape index (κ3) is 4.40. The first-order valence-corrected chi connectivity index (χ1v) is 6.74. The lowest BCUT2D eigenvalue weighted by atomic mass is 10.1. The second-order valence-electron chi connectivity index (χ2n) is 3.97. The molecule has 0 fully saturated rings. The van der Waals surface area contributed by atoms with E-state index in [0.717, 1.165) is 10.0 Å². The molecule has 1 aromatic carbocycles. The van der Waals surface area contributed by atoms with Gasteiger partial charge in [0.05, 0.1) is 13.7 Å². The fourth-order valence-electron chi connectivity index (χ4n) is 1.56. The van der Waals surface area contributed by atoms with Crippen LogP contribution in [0.5, 0.6) is 11.5 Å². The molecule has 0 saturated carbocycles. The topological polar surface area (TPSA) is 67.8 Å². The predicted molar refractivity (Wildman–Crippen MR) is 75.8 cm³/mol. The largest absolute Gasteiger partial charge is 0.493 e. The third-order valence-corrected chi connectivity index (χ3v) is 3.03. The molecule has 0 aliphatic rings. The number of carbonyl (C=O) groups is 1. The van der Waals surface area contributed by atoms with Gasteiger partial charge in [0.15, 0.2) is 11.5 Å². The molecular weight excluding hydrogens is 314 g/mol. The summed E-state index contributed by atoms with van der Waals surface area (Å²) in [4.78, 5) is 10.8. The van der Waals surface area contributed by atoms with Crippen LogP contribution in [0.4, 0.5) is 0 Å². The van der Waals surface area contributed by atoms with E-state index < -0.39 is 12.0 Å². The molecule has 0 amide bonds. The van der Waals surface area contributed by atoms with E-state index in [9.17, 15) is 4.79 Å². The Morgan fingerprint density at radius 2 is 2.21 bits per heavy atom. The van der Waals surface area contributed by atoms with E-state index >= 15 is 0 Å². The zero-order valence-corrected chi connectivity index (χ0v) is 12.8. The first kappa shape index (κ1) is 15.8. The number of benzene rings is 1. The fourth-order valence-corrected chi connectivity index (χ4v) is 2.05. The number of carboxylic acid groups (broad SMARTS) is 1. The number of hydrogen-bond donors (Lipinski definition) is 2. The molecule has 0 saturated heterocycles. The van der Waals surface area contributed by atoms with E-state index in [0.29, 0.717) is 24.7 Å². The van der Waals surface area contributed by atoms with Gasteiger partial charge in [-0.1, -0.05) is 15.9 Å². The van der Waals surface area contributed by atoms with Crippen LogP contribution in [-0.4, -0.2) is 30.8 Å². The molecule has 0 aromatic heterocycles. The number of carboxylic acids is 1. The molecule has 0 heterocycles. The monoisotopic (exact) mass is 331 g/mol. The highest BCUT2D eigenvalue weighted by Gasteiger charge is 2.15. The number of nitrogens with one attached hydrogen (secondary N) is 1. The summed E-state index contributed by atoms with van der Waals surface area (Å²) in [6.07, 6.45) is 0. The molecule has 1 rings (SSSR count). The number of rotatable bonds is 7. The molecule has 1 aromatic rings. The van der Waals surface area contributed by atoms with Crippen molar-refractivity contribution >= 4 is 21.9 Å². The summed E-state index contributed by atoms with van der Waals surface area (Å²) in [6.45, 7) is 4.38. The summed E-state index contributed by atoms with van der Waals surface area (Å²) in [5.41, 5.74) is 0.848. The Morgan fingerprint density at radius 1 is 1.53 bits per heavy atom. The molecule has 1 atom stereocenters. The van der Waals surface area contributed by atoms with Crippen LogP contribution in [0.25, 0.3) is 0 Å². The fraction of sp³-hybridized carbons (Fsp3) is 0.462. The van der Waals surface area contributed by atoms with Crippen LogP contribution in [-0.2, 0) is 11.3 Å². The minimum atomic E-state index is -0.889. The van der Waals surface area contributed by atoms with E-state index in [4.69, 9.17) is 14.6 Å². The van der Waals surface area contributed by atoms with Gasteiger partial charge in [-0.25, -0.2) is 0 Å². The minimum absolute atomic E-state index is 0.387. The van der Waals surface area contributed by atoms with Crippen molar-refractivity contribution in [1.29, 1.82) is 0 Å². The van der Waals surface area contributed by atoms with Crippen molar-refractivity contribution in [1.82, 2.24) is 5.32 Å². The number of halogens is 1. The molecule has 0 aliphatic carbocycles. The molecule has 6 heteroatoms. The summed E-state index contributed by atoms with van der Waals surface area (Å²) in [5.74, 6) is 0.370. The van der Waals surface area contributed by atoms with Gasteiger partial charge in [-0.05, 0) is 26.0 Å². The van der Waals surface area contributed by atoms with Crippen molar-refractivity contribution in [2.45, 2.75) is 26.4 Å². The maximum absolute atomic E-state index is 10.8. The summed E-state index contributed by atoms with van der Waals surface area (Å²) in [6, 6.07) is 3.07. The summed E-state index contributed by atoms with van der Waals surface area (Å²) in [5, 5.41) is 11.8. The lowest BCUT2D eigenvalue weighted by molar-refractivity contribution is -0.139. The highest BCUT2D eigenvalue weighted by atomic mass is 79.9. The van der Waals surface area contributed by atoms with Crippen LogP contribution in [0.15, 0.2) is 16.6 Å². The number of aliphatic carboxylic acids is 1. The van der Waals surface area contributed by atoms with E-state index in [1.54, 1.807) is 14.0 Å². The summed E-state index contributed by atoms with van der Waals surface area (Å²) < 4.78 is 11.7. The van der Waals surface area contributed by atoms with Crippen LogP contribution in [0.2, 0.25) is 0 Å². The highest BCUT2D eigenvalue weighted by Crippen LogP contribution is 2.34. The molecule has 1 unspecified atom stereocenters. The maximum atomic E-state index is 10.8. The molecule has 0 bridgehead atoms. The second-order valence-corrected chi connectivity index (χ2v) is 4.89. The minimum Gasteiger partial charge on any atom is -0.493 e. The summed E-state index contributed by atoms with van der Waals surface area (Å²) >= 11 is 3.40. The van der Waals surface area contributed by atoms with Crippen LogP contribution in [0.1, 0.15) is 19.4 Å². The van der Waals surface area contributed by atoms with Crippen LogP contribution >= 0.6 is 15.9 Å². The van der Waals surface area contributed by atoms with Gasteiger partial charge in [0.25, 0.3) is 0 Å². The van der Waals surface area contributed by atoms with Gasteiger partial charge in [0.1, 0.15) is 6.04 Å². The highest BCUT2D eigenvalue weighted by molar-refractivity contribution is 9.10. The first-order valence-electron chi connectivity index (χ1n) is 5.95. The van der Waals surface area contributed by atoms with E-state index in [-0.39, 0.29) is 0 Å². The number of methoxy groups -OCH3 is 1. The van der Waals surface area contributed by atoms with Gasteiger partial charge in [-0.2, -0.15) is 0 Å². The Hall–Kier alpha value is -1.27. The zero-order valence-electron chi connectivity index (χ0n) is 11.2. The Bertz CT molecular complexity index is 451. The number of ether oxygens (including phenoxy) is 2. The SMILES string of the molecule is CCOc1c(CNC(C)C(=O)O)cc(Br)cc1OC. The van der Waals surface area contributed by atoms with E-state index in [1.165, 1.54) is 0 Å². The standard InChI is InChI=1S/C13H18BrNO4/c1-4-19-12-9(7-15-8(2)13(16)17)5-10(14)6-11(12)18-3/h5-6,8,15H,4,7H2,1-3H3,(H,16,17). The van der Waals surface area contributed by atoms with Crippen molar-refractivity contribution in [3.05, 3.63) is 22.2 Å². The van der Waals surface area contributed by atoms with Gasteiger partial charge in [-0.15, -0.1) is 0 Å². The quantitative estimate of drug-likeness (QED) is 0.803. The Labute approximate surface area is 121 Å². The van der Waals surface area contributed by atoms with Crippen molar-refractivity contribution in [3.8, 4) is 11.5 Å². The van der Waals surface area contributed by atoms with Crippen molar-refractivity contribution in [2.24, 2.45) is 0 Å². The molecule has 2 N–H and O–H groups in total. The lowest BCUT2D eigenvalue weighted by Crippen LogP contribution is -2.33. The Balaban J connectivity index is 2.97. The Morgan fingerprint density at radius 3 is 2.74 bits per heavy atom. The van der Waals surface area contributed by atoms with Crippen LogP contribution in [0, 0.1) is 0 Å². The predicted octanol–water partition coefficient (Wildman–Crippen LogP) is 2.42. The molecule has 19 heavy (non-hydrogen) atoms. The van der Waals surface area contributed by atoms with E-state index in [2.05, 4.69) is 21.2 Å². The summed E-state index contributed by atoms with van der Waals surface area (Å²) in [7, 11) is 1.57. The average Bonchev–Trinajstić information content (AvgIpc) is 2.37. The van der Waals surface area contributed by atoms with Crippen molar-refractivity contribution in [3.63, 3.8) is 0 Å². The molecule has 5 nitrogen and oxygen atoms in total. The smallest absolute Gasteiger partial charge is 0.320 e. The average molecular weight is 332 g/mol.